The van der Waals surface area contributed by atoms with Gasteiger partial charge in [-0.2, -0.15) is 5.10 Å². The smallest absolute Gasteiger partial charge is 0.308 e. The summed E-state index contributed by atoms with van der Waals surface area (Å²) < 4.78 is 0. The Kier molecular flexibility index (Phi) is 4.29. The number of para-hydroxylation sites is 1. The number of carboxylic acid groups (broad SMARTS) is 1. The Balaban J connectivity index is 1.94. The van der Waals surface area contributed by atoms with Gasteiger partial charge in [-0.1, -0.05) is 42.5 Å². The number of nitrogens with one attached hydrogen (secondary N) is 2. The number of carboxylic acids is 1. The highest BCUT2D eigenvalue weighted by atomic mass is 16.4. The molecule has 122 valence electrons. The van der Waals surface area contributed by atoms with Crippen molar-refractivity contribution in [2.24, 2.45) is 5.92 Å². The van der Waals surface area contributed by atoms with Crippen molar-refractivity contribution in [2.75, 3.05) is 0 Å². The number of carbonyl (C=O) groups excluding carboxylic acids is 1. The topological polar surface area (TPSA) is 95.1 Å². The predicted molar refractivity (Wildman–Crippen MR) is 89.5 cm³/mol. The maximum Gasteiger partial charge on any atom is 0.308 e. The summed E-state index contributed by atoms with van der Waals surface area (Å²) in [7, 11) is 0. The second-order valence-electron chi connectivity index (χ2n) is 5.63. The van der Waals surface area contributed by atoms with Crippen molar-refractivity contribution in [3.8, 4) is 0 Å². The molecule has 1 aromatic heterocycles. The van der Waals surface area contributed by atoms with Crippen molar-refractivity contribution in [3.05, 3.63) is 65.9 Å². The molecule has 0 saturated heterocycles. The first-order valence-electron chi connectivity index (χ1n) is 7.58. The first-order valence-corrected chi connectivity index (χ1v) is 7.58. The van der Waals surface area contributed by atoms with E-state index >= 15 is 0 Å². The van der Waals surface area contributed by atoms with Gasteiger partial charge in [0.15, 0.2) is 0 Å². The van der Waals surface area contributed by atoms with Crippen LogP contribution in [-0.2, 0) is 4.79 Å². The molecule has 0 unspecified atom stereocenters. The zero-order valence-corrected chi connectivity index (χ0v) is 13.1. The Morgan fingerprint density at radius 3 is 2.58 bits per heavy atom. The fraction of sp³-hybridized carbons (Fsp3) is 0.167. The van der Waals surface area contributed by atoms with Gasteiger partial charge in [0.25, 0.3) is 5.91 Å². The summed E-state index contributed by atoms with van der Waals surface area (Å²) in [6.07, 6.45) is 1.64. The van der Waals surface area contributed by atoms with Crippen LogP contribution in [0, 0.1) is 5.92 Å². The van der Waals surface area contributed by atoms with Gasteiger partial charge in [0.2, 0.25) is 0 Å². The average Bonchev–Trinajstić information content (AvgIpc) is 3.08. The molecule has 3 aromatic rings. The molecular weight excluding hydrogens is 306 g/mol. The molecule has 0 aliphatic heterocycles. The number of hydrogen-bond acceptors (Lipinski definition) is 3. The molecule has 0 radical (unpaired) electrons. The van der Waals surface area contributed by atoms with Crippen LogP contribution in [0.2, 0.25) is 0 Å². The molecule has 2 aromatic carbocycles. The Hall–Kier alpha value is -3.15. The zero-order valence-electron chi connectivity index (χ0n) is 13.1. The van der Waals surface area contributed by atoms with Crippen LogP contribution in [0.4, 0.5) is 0 Å². The standard InChI is InChI=1S/C18H17N3O3/c1-11(18(23)24)15(12-6-3-2-4-7-12)20-17(22)14-9-5-8-13-10-19-21-16(13)14/h2-11,15H,1H3,(H,19,21)(H,20,22)(H,23,24)/t11-,15+/m1/s1. The third-order valence-electron chi connectivity index (χ3n) is 4.06. The van der Waals surface area contributed by atoms with Gasteiger partial charge in [-0.25, -0.2) is 0 Å². The third kappa shape index (κ3) is 2.99. The van der Waals surface area contributed by atoms with Crippen molar-refractivity contribution in [1.29, 1.82) is 0 Å². The van der Waals surface area contributed by atoms with Gasteiger partial charge in [0, 0.05) is 5.39 Å². The summed E-state index contributed by atoms with van der Waals surface area (Å²) >= 11 is 0. The Morgan fingerprint density at radius 2 is 1.88 bits per heavy atom. The second kappa shape index (κ2) is 6.54. The lowest BCUT2D eigenvalue weighted by Gasteiger charge is -2.23. The predicted octanol–water partition coefficient (Wildman–Crippen LogP) is 2.75. The monoisotopic (exact) mass is 323 g/mol. The fourth-order valence-electron chi connectivity index (χ4n) is 2.68. The van der Waals surface area contributed by atoms with Gasteiger partial charge in [-0.05, 0) is 18.6 Å². The number of aromatic amines is 1. The van der Waals surface area contributed by atoms with Crippen molar-refractivity contribution < 1.29 is 14.7 Å². The number of nitrogens with zero attached hydrogens (tertiary/aromatic N) is 1. The van der Waals surface area contributed by atoms with E-state index in [1.165, 1.54) is 0 Å². The molecule has 3 N–H and O–H groups in total. The molecule has 0 spiro atoms. The van der Waals surface area contributed by atoms with Gasteiger partial charge < -0.3 is 10.4 Å². The number of aromatic nitrogens is 2. The minimum Gasteiger partial charge on any atom is -0.481 e. The Morgan fingerprint density at radius 1 is 1.12 bits per heavy atom. The van der Waals surface area contributed by atoms with E-state index in [1.54, 1.807) is 37.4 Å². The lowest BCUT2D eigenvalue weighted by atomic mass is 9.94. The highest BCUT2D eigenvalue weighted by Crippen LogP contribution is 2.24. The Bertz CT molecular complexity index is 873. The minimum atomic E-state index is -0.969. The molecule has 1 heterocycles. The van der Waals surface area contributed by atoms with Gasteiger partial charge >= 0.3 is 5.97 Å². The number of benzene rings is 2. The van der Waals surface area contributed by atoms with E-state index in [-0.39, 0.29) is 5.91 Å². The van der Waals surface area contributed by atoms with Crippen LogP contribution >= 0.6 is 0 Å². The fourth-order valence-corrected chi connectivity index (χ4v) is 2.68. The summed E-state index contributed by atoms with van der Waals surface area (Å²) in [6.45, 7) is 1.58. The average molecular weight is 323 g/mol. The number of amides is 1. The lowest BCUT2D eigenvalue weighted by molar-refractivity contribution is -0.142. The number of rotatable bonds is 5. The van der Waals surface area contributed by atoms with E-state index in [2.05, 4.69) is 15.5 Å². The van der Waals surface area contributed by atoms with Crippen molar-refractivity contribution in [2.45, 2.75) is 13.0 Å². The molecule has 0 aliphatic carbocycles. The normalized spacial score (nSPS) is 13.4. The minimum absolute atomic E-state index is 0.341. The first-order chi connectivity index (χ1) is 11.6. The summed E-state index contributed by atoms with van der Waals surface area (Å²) in [5.41, 5.74) is 1.81. The first kappa shape index (κ1) is 15.7. The van der Waals surface area contributed by atoms with Crippen LogP contribution in [0.25, 0.3) is 10.9 Å². The van der Waals surface area contributed by atoms with Crippen LogP contribution in [0.5, 0.6) is 0 Å². The molecule has 0 bridgehead atoms. The maximum atomic E-state index is 12.7. The summed E-state index contributed by atoms with van der Waals surface area (Å²) in [5.74, 6) is -2.08. The zero-order chi connectivity index (χ0) is 17.1. The maximum absolute atomic E-state index is 12.7. The number of H-pyrrole nitrogens is 1. The molecule has 6 heteroatoms. The summed E-state index contributed by atoms with van der Waals surface area (Å²) in [5, 5.41) is 19.8. The largest absolute Gasteiger partial charge is 0.481 e. The third-order valence-corrected chi connectivity index (χ3v) is 4.06. The van der Waals surface area contributed by atoms with Crippen LogP contribution in [0.3, 0.4) is 0 Å². The van der Waals surface area contributed by atoms with Crippen molar-refractivity contribution >= 4 is 22.8 Å². The molecule has 24 heavy (non-hydrogen) atoms. The quantitative estimate of drug-likeness (QED) is 0.673. The van der Waals surface area contributed by atoms with Gasteiger partial charge in [0.1, 0.15) is 0 Å². The van der Waals surface area contributed by atoms with Crippen LogP contribution in [0.15, 0.2) is 54.7 Å². The van der Waals surface area contributed by atoms with Crippen LogP contribution < -0.4 is 5.32 Å². The number of fused-ring (bicyclic) bond motifs is 1. The number of hydrogen-bond donors (Lipinski definition) is 3. The summed E-state index contributed by atoms with van der Waals surface area (Å²) in [6, 6.07) is 13.8. The molecule has 1 amide bonds. The van der Waals surface area contributed by atoms with Gasteiger partial charge in [-0.15, -0.1) is 0 Å². The van der Waals surface area contributed by atoms with Crippen molar-refractivity contribution in [3.63, 3.8) is 0 Å². The number of carbonyl (C=O) groups is 2. The molecule has 3 rings (SSSR count). The van der Waals surface area contributed by atoms with Crippen LogP contribution in [-0.4, -0.2) is 27.2 Å². The highest BCUT2D eigenvalue weighted by Gasteiger charge is 2.27. The Labute approximate surface area is 138 Å². The van der Waals surface area contributed by atoms with E-state index in [0.29, 0.717) is 11.1 Å². The van der Waals surface area contributed by atoms with E-state index in [0.717, 1.165) is 10.9 Å². The van der Waals surface area contributed by atoms with E-state index in [1.807, 2.05) is 24.3 Å². The lowest BCUT2D eigenvalue weighted by Crippen LogP contribution is -2.35. The molecule has 2 atom stereocenters. The SMILES string of the molecule is C[C@@H](C(=O)O)[C@H](NC(=O)c1cccc2cn[nH]c12)c1ccccc1. The molecule has 0 fully saturated rings. The molecule has 0 saturated carbocycles. The molecule has 6 nitrogen and oxygen atoms in total. The highest BCUT2D eigenvalue weighted by molar-refractivity contribution is 6.05. The van der Waals surface area contributed by atoms with Crippen LogP contribution in [0.1, 0.15) is 28.9 Å². The van der Waals surface area contributed by atoms with Gasteiger partial charge in [-0.3, -0.25) is 14.7 Å². The molecule has 0 aliphatic rings. The van der Waals surface area contributed by atoms with E-state index < -0.39 is 17.9 Å². The summed E-state index contributed by atoms with van der Waals surface area (Å²) in [4.78, 5) is 24.2. The second-order valence-corrected chi connectivity index (χ2v) is 5.63. The van der Waals surface area contributed by atoms with E-state index in [9.17, 15) is 14.7 Å². The van der Waals surface area contributed by atoms with Gasteiger partial charge in [0.05, 0.1) is 29.2 Å². The van der Waals surface area contributed by atoms with E-state index in [4.69, 9.17) is 0 Å². The number of aliphatic carboxylic acids is 1. The molecular formula is C18H17N3O3. The van der Waals surface area contributed by atoms with Crippen molar-refractivity contribution in [1.82, 2.24) is 15.5 Å².